The Morgan fingerprint density at radius 3 is 2.41 bits per heavy atom. The average molecular weight is 563 g/mol. The lowest BCUT2D eigenvalue weighted by Crippen LogP contribution is -2.42. The maximum absolute atomic E-state index is 14.9. The highest BCUT2D eigenvalue weighted by Gasteiger charge is 2.36. The van der Waals surface area contributed by atoms with E-state index in [0.717, 1.165) is 6.92 Å². The number of esters is 1. The van der Waals surface area contributed by atoms with E-state index < -0.39 is 52.6 Å². The molecule has 2 aromatic rings. The van der Waals surface area contributed by atoms with Crippen LogP contribution >= 0.6 is 0 Å². The quantitative estimate of drug-likeness (QED) is 0.368. The molecular formula is C26H27FN2O9S. The minimum Gasteiger partial charge on any atom is -0.442 e. The summed E-state index contributed by atoms with van der Waals surface area (Å²) in [5, 5.41) is 0. The SMILES string of the molecule is CC(=O)N(C[C@H]1CN(c2ccc(C3CCS(=O)(=O)CC3)c(F)c2)C(=O)O1)C(=O)OCOC(=O)c1ccccc1. The van der Waals surface area contributed by atoms with Gasteiger partial charge in [0.05, 0.1) is 35.8 Å². The van der Waals surface area contributed by atoms with Crippen molar-refractivity contribution in [3.8, 4) is 0 Å². The first-order chi connectivity index (χ1) is 18.5. The van der Waals surface area contributed by atoms with Crippen molar-refractivity contribution in [2.45, 2.75) is 31.8 Å². The molecule has 4 rings (SSSR count). The fourth-order valence-electron chi connectivity index (χ4n) is 4.45. The highest BCUT2D eigenvalue weighted by Crippen LogP contribution is 2.33. The van der Waals surface area contributed by atoms with E-state index in [4.69, 9.17) is 14.2 Å². The van der Waals surface area contributed by atoms with Gasteiger partial charge < -0.3 is 14.2 Å². The number of imide groups is 1. The van der Waals surface area contributed by atoms with Gasteiger partial charge in [0, 0.05) is 6.92 Å². The van der Waals surface area contributed by atoms with Crippen LogP contribution in [0.1, 0.15) is 41.6 Å². The van der Waals surface area contributed by atoms with Gasteiger partial charge in [0.2, 0.25) is 12.7 Å². The lowest BCUT2D eigenvalue weighted by molar-refractivity contribution is -0.128. The molecule has 1 atom stereocenters. The summed E-state index contributed by atoms with van der Waals surface area (Å²) in [5.41, 5.74) is 0.860. The monoisotopic (exact) mass is 562 g/mol. The third kappa shape index (κ3) is 6.91. The van der Waals surface area contributed by atoms with Crippen LogP contribution in [0.15, 0.2) is 48.5 Å². The summed E-state index contributed by atoms with van der Waals surface area (Å²) in [6, 6.07) is 12.3. The van der Waals surface area contributed by atoms with Crippen LogP contribution in [0.2, 0.25) is 0 Å². The van der Waals surface area contributed by atoms with Crippen molar-refractivity contribution in [1.82, 2.24) is 4.90 Å². The largest absolute Gasteiger partial charge is 0.442 e. The zero-order chi connectivity index (χ0) is 28.2. The number of sulfone groups is 1. The molecule has 2 heterocycles. The van der Waals surface area contributed by atoms with Gasteiger partial charge in [-0.05, 0) is 48.6 Å². The van der Waals surface area contributed by atoms with E-state index >= 15 is 0 Å². The summed E-state index contributed by atoms with van der Waals surface area (Å²) in [5.74, 6) is -2.19. The molecule has 0 aromatic heterocycles. The second kappa shape index (κ2) is 11.8. The molecule has 0 spiro atoms. The van der Waals surface area contributed by atoms with Crippen LogP contribution in [-0.2, 0) is 28.8 Å². The van der Waals surface area contributed by atoms with Crippen molar-refractivity contribution < 1.29 is 46.2 Å². The number of cyclic esters (lactones) is 1. The summed E-state index contributed by atoms with van der Waals surface area (Å²) >= 11 is 0. The van der Waals surface area contributed by atoms with Crippen LogP contribution in [0.4, 0.5) is 19.7 Å². The molecule has 0 bridgehead atoms. The molecule has 0 saturated carbocycles. The van der Waals surface area contributed by atoms with E-state index in [1.165, 1.54) is 29.2 Å². The van der Waals surface area contributed by atoms with Crippen molar-refractivity contribution in [3.05, 3.63) is 65.5 Å². The average Bonchev–Trinajstić information content (AvgIpc) is 3.27. The van der Waals surface area contributed by atoms with E-state index in [1.807, 2.05) is 0 Å². The van der Waals surface area contributed by atoms with Crippen molar-refractivity contribution in [2.24, 2.45) is 0 Å². The van der Waals surface area contributed by atoms with Crippen molar-refractivity contribution in [2.75, 3.05) is 36.3 Å². The Hall–Kier alpha value is -4.00. The summed E-state index contributed by atoms with van der Waals surface area (Å²) in [7, 11) is -3.09. The van der Waals surface area contributed by atoms with E-state index in [9.17, 15) is 32.0 Å². The summed E-state index contributed by atoms with van der Waals surface area (Å²) in [4.78, 5) is 50.9. The van der Waals surface area contributed by atoms with Crippen LogP contribution in [0.3, 0.4) is 0 Å². The summed E-state index contributed by atoms with van der Waals surface area (Å²) in [6.45, 7) is -0.0126. The molecule has 0 unspecified atom stereocenters. The number of hydrogen-bond donors (Lipinski definition) is 0. The van der Waals surface area contributed by atoms with Gasteiger partial charge in [-0.15, -0.1) is 0 Å². The third-order valence-corrected chi connectivity index (χ3v) is 8.25. The lowest BCUT2D eigenvalue weighted by atomic mass is 9.93. The van der Waals surface area contributed by atoms with Gasteiger partial charge in [-0.25, -0.2) is 32.1 Å². The number of nitrogens with zero attached hydrogens (tertiary/aromatic N) is 2. The number of carbonyl (C=O) groups is 4. The molecule has 208 valence electrons. The maximum Gasteiger partial charge on any atom is 0.419 e. The lowest BCUT2D eigenvalue weighted by Gasteiger charge is -2.23. The highest BCUT2D eigenvalue weighted by atomic mass is 32.2. The van der Waals surface area contributed by atoms with Gasteiger partial charge in [0.25, 0.3) is 0 Å². The zero-order valence-corrected chi connectivity index (χ0v) is 21.9. The fourth-order valence-corrected chi connectivity index (χ4v) is 5.94. The van der Waals surface area contributed by atoms with Crippen LogP contribution in [0.5, 0.6) is 0 Å². The van der Waals surface area contributed by atoms with E-state index in [2.05, 4.69) is 0 Å². The first-order valence-corrected chi connectivity index (χ1v) is 14.0. The molecule has 0 radical (unpaired) electrons. The van der Waals surface area contributed by atoms with Gasteiger partial charge in [-0.2, -0.15) is 0 Å². The van der Waals surface area contributed by atoms with Gasteiger partial charge in [0.15, 0.2) is 0 Å². The van der Waals surface area contributed by atoms with Gasteiger partial charge in [0.1, 0.15) is 21.8 Å². The van der Waals surface area contributed by atoms with Gasteiger partial charge in [-0.3, -0.25) is 9.69 Å². The smallest absolute Gasteiger partial charge is 0.419 e. The van der Waals surface area contributed by atoms with Crippen LogP contribution in [0, 0.1) is 5.82 Å². The number of anilines is 1. The highest BCUT2D eigenvalue weighted by molar-refractivity contribution is 7.91. The predicted octanol–water partition coefficient (Wildman–Crippen LogP) is 3.24. The molecule has 0 N–H and O–H groups in total. The molecule has 3 amide bonds. The zero-order valence-electron chi connectivity index (χ0n) is 21.1. The minimum absolute atomic E-state index is 0.00350. The molecule has 2 saturated heterocycles. The maximum atomic E-state index is 14.9. The van der Waals surface area contributed by atoms with Crippen molar-refractivity contribution >= 4 is 39.6 Å². The Kier molecular flexibility index (Phi) is 8.48. The van der Waals surface area contributed by atoms with Crippen molar-refractivity contribution in [1.29, 1.82) is 0 Å². The van der Waals surface area contributed by atoms with Crippen LogP contribution < -0.4 is 4.90 Å². The summed E-state index contributed by atoms with van der Waals surface area (Å²) in [6.07, 6.45) is -2.15. The van der Waals surface area contributed by atoms with Crippen LogP contribution in [0.25, 0.3) is 0 Å². The normalized spacial score (nSPS) is 18.8. The Morgan fingerprint density at radius 2 is 1.77 bits per heavy atom. The standard InChI is InChI=1S/C26H27FN2O9S/c1-17(30)28(25(32)37-16-36-24(31)19-5-3-2-4-6-19)14-21-15-29(26(33)38-21)20-7-8-22(23(27)13-20)18-9-11-39(34,35)12-10-18/h2-8,13,18,21H,9-12,14-16H2,1H3/t21-/m0/s1. The number of rotatable bonds is 7. The third-order valence-electron chi connectivity index (χ3n) is 6.53. The van der Waals surface area contributed by atoms with Gasteiger partial charge >= 0.3 is 18.2 Å². The van der Waals surface area contributed by atoms with E-state index in [-0.39, 0.29) is 41.8 Å². The first-order valence-electron chi connectivity index (χ1n) is 12.2. The molecule has 2 aliphatic heterocycles. The number of ether oxygens (including phenoxy) is 3. The number of carbonyl (C=O) groups excluding carboxylic acids is 4. The Balaban J connectivity index is 1.33. The van der Waals surface area contributed by atoms with Crippen LogP contribution in [-0.4, -0.2) is 74.9 Å². The molecular weight excluding hydrogens is 535 g/mol. The second-order valence-corrected chi connectivity index (χ2v) is 11.5. The van der Waals surface area contributed by atoms with E-state index in [0.29, 0.717) is 23.3 Å². The number of benzene rings is 2. The van der Waals surface area contributed by atoms with E-state index in [1.54, 1.807) is 24.3 Å². The molecule has 2 aliphatic rings. The number of hydrogen-bond acceptors (Lipinski definition) is 9. The Bertz CT molecular complexity index is 1350. The molecule has 0 aliphatic carbocycles. The summed E-state index contributed by atoms with van der Waals surface area (Å²) < 4.78 is 53.3. The van der Waals surface area contributed by atoms with Gasteiger partial charge in [-0.1, -0.05) is 24.3 Å². The fraction of sp³-hybridized carbons (Fsp3) is 0.385. The second-order valence-electron chi connectivity index (χ2n) is 9.20. The minimum atomic E-state index is -3.09. The Morgan fingerprint density at radius 1 is 1.08 bits per heavy atom. The molecule has 11 nitrogen and oxygen atoms in total. The topological polar surface area (TPSA) is 137 Å². The predicted molar refractivity (Wildman–Crippen MR) is 135 cm³/mol. The van der Waals surface area contributed by atoms with Crippen molar-refractivity contribution in [3.63, 3.8) is 0 Å². The molecule has 2 aromatic carbocycles. The number of amides is 3. The molecule has 2 fully saturated rings. The Labute approximate surface area is 224 Å². The molecule has 39 heavy (non-hydrogen) atoms. The molecule has 13 heteroatoms. The first kappa shape index (κ1) is 28.0. The number of halogens is 1.